The van der Waals surface area contributed by atoms with Crippen LogP contribution in [0.25, 0.3) is 0 Å². The van der Waals surface area contributed by atoms with Crippen molar-refractivity contribution in [3.8, 4) is 0 Å². The number of H-pyrrole nitrogens is 1. The van der Waals surface area contributed by atoms with E-state index in [0.29, 0.717) is 16.6 Å². The number of rotatable bonds is 3. The van der Waals surface area contributed by atoms with Gasteiger partial charge in [-0.25, -0.2) is 4.98 Å². The molecule has 3 atom stereocenters. The Balaban J connectivity index is 2.04. The highest BCUT2D eigenvalue weighted by molar-refractivity contribution is 7.99. The average molecular weight is 268 g/mol. The predicted octanol–water partition coefficient (Wildman–Crippen LogP) is 2.69. The van der Waals surface area contributed by atoms with Crippen LogP contribution in [-0.2, 0) is 0 Å². The molecule has 1 aromatic rings. The molecule has 0 radical (unpaired) electrons. The Morgan fingerprint density at radius 2 is 2.22 bits per heavy atom. The monoisotopic (exact) mass is 268 g/mol. The molecule has 0 amide bonds. The van der Waals surface area contributed by atoms with Crippen LogP contribution in [-0.4, -0.2) is 27.0 Å². The smallest absolute Gasteiger partial charge is 0.183 e. The second kappa shape index (κ2) is 5.61. The molecule has 1 aromatic heterocycles. The third-order valence-corrected chi connectivity index (χ3v) is 5.41. The van der Waals surface area contributed by atoms with Crippen LogP contribution in [0.5, 0.6) is 0 Å². The molecule has 1 fully saturated rings. The van der Waals surface area contributed by atoms with Crippen molar-refractivity contribution in [2.45, 2.75) is 50.4 Å². The normalized spacial score (nSPS) is 29.4. The van der Waals surface area contributed by atoms with Gasteiger partial charge in [0.25, 0.3) is 0 Å². The zero-order valence-corrected chi connectivity index (χ0v) is 12.3. The van der Waals surface area contributed by atoms with Crippen LogP contribution >= 0.6 is 11.8 Å². The first-order chi connectivity index (χ1) is 8.50. The molecular weight excluding hydrogens is 244 g/mol. The second-order valence-corrected chi connectivity index (χ2v) is 7.55. The van der Waals surface area contributed by atoms with Crippen LogP contribution < -0.4 is 5.73 Å². The van der Waals surface area contributed by atoms with Crippen molar-refractivity contribution in [2.24, 2.45) is 23.0 Å². The quantitative estimate of drug-likeness (QED) is 0.884. The van der Waals surface area contributed by atoms with E-state index < -0.39 is 0 Å². The van der Waals surface area contributed by atoms with Gasteiger partial charge in [-0.2, -0.15) is 5.10 Å². The van der Waals surface area contributed by atoms with Gasteiger partial charge >= 0.3 is 0 Å². The van der Waals surface area contributed by atoms with Gasteiger partial charge < -0.3 is 5.73 Å². The van der Waals surface area contributed by atoms with Crippen LogP contribution in [0.1, 0.15) is 40.0 Å². The van der Waals surface area contributed by atoms with Gasteiger partial charge in [-0.05, 0) is 43.1 Å². The fourth-order valence-electron chi connectivity index (χ4n) is 2.79. The highest BCUT2D eigenvalue weighted by Gasteiger charge is 2.36. The number of aromatic nitrogens is 3. The number of nitrogens with zero attached hydrogens (tertiary/aromatic N) is 2. The van der Waals surface area contributed by atoms with Gasteiger partial charge in [-0.15, -0.1) is 0 Å². The maximum Gasteiger partial charge on any atom is 0.183 e. The SMILES string of the molecule is CC(C)(C)C1CCC(CN)C(Sc2ncn[nH]2)C1. The summed E-state index contributed by atoms with van der Waals surface area (Å²) < 4.78 is 0. The lowest BCUT2D eigenvalue weighted by atomic mass is 9.69. The second-order valence-electron chi connectivity index (χ2n) is 6.32. The number of aromatic amines is 1. The number of hydrogen-bond donors (Lipinski definition) is 2. The van der Waals surface area contributed by atoms with E-state index in [9.17, 15) is 0 Å². The van der Waals surface area contributed by atoms with Gasteiger partial charge in [0.1, 0.15) is 6.33 Å². The maximum absolute atomic E-state index is 5.92. The molecule has 5 heteroatoms. The Labute approximate surface area is 114 Å². The summed E-state index contributed by atoms with van der Waals surface area (Å²) in [4.78, 5) is 4.22. The molecule has 0 bridgehead atoms. The highest BCUT2D eigenvalue weighted by Crippen LogP contribution is 2.44. The Bertz CT molecular complexity index is 358. The molecule has 1 aliphatic rings. The van der Waals surface area contributed by atoms with E-state index in [1.165, 1.54) is 19.3 Å². The molecular formula is C13H24N4S. The van der Waals surface area contributed by atoms with Gasteiger partial charge in [-0.3, -0.25) is 5.10 Å². The number of thioether (sulfide) groups is 1. The topological polar surface area (TPSA) is 67.6 Å². The summed E-state index contributed by atoms with van der Waals surface area (Å²) in [6.07, 6.45) is 5.35. The summed E-state index contributed by atoms with van der Waals surface area (Å²) in [6, 6.07) is 0. The van der Waals surface area contributed by atoms with Crippen LogP contribution in [0.3, 0.4) is 0 Å². The first kappa shape index (κ1) is 13.9. The Kier molecular flexibility index (Phi) is 4.33. The summed E-state index contributed by atoms with van der Waals surface area (Å²) in [7, 11) is 0. The van der Waals surface area contributed by atoms with Crippen molar-refractivity contribution in [2.75, 3.05) is 6.54 Å². The number of hydrogen-bond acceptors (Lipinski definition) is 4. The van der Waals surface area contributed by atoms with Gasteiger partial charge in [0.05, 0.1) is 0 Å². The molecule has 1 saturated carbocycles. The third-order valence-electron chi connectivity index (χ3n) is 4.11. The minimum atomic E-state index is 0.389. The fourth-order valence-corrected chi connectivity index (χ4v) is 4.06. The summed E-state index contributed by atoms with van der Waals surface area (Å²) in [5.74, 6) is 1.39. The summed E-state index contributed by atoms with van der Waals surface area (Å²) in [5.41, 5.74) is 6.31. The van der Waals surface area contributed by atoms with E-state index in [1.807, 2.05) is 11.8 Å². The third kappa shape index (κ3) is 3.26. The Hall–Kier alpha value is -0.550. The zero-order valence-electron chi connectivity index (χ0n) is 11.5. The van der Waals surface area contributed by atoms with Crippen molar-refractivity contribution in [3.63, 3.8) is 0 Å². The molecule has 2 rings (SSSR count). The molecule has 3 N–H and O–H groups in total. The molecule has 0 aromatic carbocycles. The van der Waals surface area contributed by atoms with E-state index in [4.69, 9.17) is 5.73 Å². The molecule has 1 aliphatic carbocycles. The van der Waals surface area contributed by atoms with Crippen LogP contribution in [0.2, 0.25) is 0 Å². The molecule has 0 aliphatic heterocycles. The largest absolute Gasteiger partial charge is 0.330 e. The molecule has 3 unspecified atom stereocenters. The minimum absolute atomic E-state index is 0.389. The van der Waals surface area contributed by atoms with E-state index in [1.54, 1.807) is 6.33 Å². The van der Waals surface area contributed by atoms with Crippen molar-refractivity contribution in [1.82, 2.24) is 15.2 Å². The highest BCUT2D eigenvalue weighted by atomic mass is 32.2. The molecule has 102 valence electrons. The van der Waals surface area contributed by atoms with Gasteiger partial charge in [0.15, 0.2) is 5.16 Å². The van der Waals surface area contributed by atoms with Gasteiger partial charge in [0, 0.05) is 5.25 Å². The van der Waals surface area contributed by atoms with E-state index in [-0.39, 0.29) is 0 Å². The molecule has 0 spiro atoms. The summed E-state index contributed by atoms with van der Waals surface area (Å²) >= 11 is 1.81. The van der Waals surface area contributed by atoms with E-state index in [0.717, 1.165) is 17.6 Å². The van der Waals surface area contributed by atoms with Crippen LogP contribution in [0, 0.1) is 17.3 Å². The Morgan fingerprint density at radius 3 is 2.78 bits per heavy atom. The van der Waals surface area contributed by atoms with Crippen molar-refractivity contribution < 1.29 is 0 Å². The molecule has 18 heavy (non-hydrogen) atoms. The van der Waals surface area contributed by atoms with Crippen LogP contribution in [0.4, 0.5) is 0 Å². The maximum atomic E-state index is 5.92. The van der Waals surface area contributed by atoms with Gasteiger partial charge in [0.2, 0.25) is 0 Å². The average Bonchev–Trinajstić information content (AvgIpc) is 2.80. The predicted molar refractivity (Wildman–Crippen MR) is 75.4 cm³/mol. The van der Waals surface area contributed by atoms with E-state index >= 15 is 0 Å². The summed E-state index contributed by atoms with van der Waals surface area (Å²) in [5, 5.41) is 8.36. The number of nitrogens with two attached hydrogens (primary N) is 1. The first-order valence-electron chi connectivity index (χ1n) is 6.72. The standard InChI is InChI=1S/C13H24N4S/c1-13(2,3)10-5-4-9(7-14)11(6-10)18-12-15-8-16-17-12/h8-11H,4-7,14H2,1-3H3,(H,15,16,17). The lowest BCUT2D eigenvalue weighted by Gasteiger charge is -2.41. The lowest BCUT2D eigenvalue weighted by molar-refractivity contribution is 0.157. The van der Waals surface area contributed by atoms with Crippen molar-refractivity contribution in [3.05, 3.63) is 6.33 Å². The zero-order chi connectivity index (χ0) is 13.2. The number of nitrogens with one attached hydrogen (secondary N) is 1. The molecule has 0 saturated heterocycles. The molecule has 4 nitrogen and oxygen atoms in total. The first-order valence-corrected chi connectivity index (χ1v) is 7.60. The van der Waals surface area contributed by atoms with Gasteiger partial charge in [-0.1, -0.05) is 32.5 Å². The van der Waals surface area contributed by atoms with Crippen molar-refractivity contribution >= 4 is 11.8 Å². The lowest BCUT2D eigenvalue weighted by Crippen LogP contribution is -2.36. The molecule has 1 heterocycles. The summed E-state index contributed by atoms with van der Waals surface area (Å²) in [6.45, 7) is 7.81. The minimum Gasteiger partial charge on any atom is -0.330 e. The van der Waals surface area contributed by atoms with Crippen molar-refractivity contribution in [1.29, 1.82) is 0 Å². The fraction of sp³-hybridized carbons (Fsp3) is 0.846. The Morgan fingerprint density at radius 1 is 1.44 bits per heavy atom. The van der Waals surface area contributed by atoms with E-state index in [2.05, 4.69) is 36.0 Å². The van der Waals surface area contributed by atoms with Crippen LogP contribution in [0.15, 0.2) is 11.5 Å².